The van der Waals surface area contributed by atoms with Crippen LogP contribution in [-0.2, 0) is 24.1 Å². The van der Waals surface area contributed by atoms with Crippen LogP contribution in [0, 0.1) is 11.8 Å². The van der Waals surface area contributed by atoms with E-state index >= 15 is 0 Å². The SMILES string of the molecule is COOC=N[C@H](CC(=O)N1CCC[C@H]1c1ncc(-c2ccc(-c3ccc(-c4cnc([C@@H]5CCCN5C(=O)C[C@@H](NC(=O)OC)C(C)C)[nH]4)cc3)cc2)[nH]1)C(C)C. The number of aliphatic imine (C=N–C) groups is 1. The summed E-state index contributed by atoms with van der Waals surface area (Å²) in [4.78, 5) is 72.6. The van der Waals surface area contributed by atoms with Crippen molar-refractivity contribution in [2.45, 2.75) is 90.4 Å². The molecule has 0 saturated carbocycles. The highest BCUT2D eigenvalue weighted by Crippen LogP contribution is 2.35. The van der Waals surface area contributed by atoms with Crippen molar-refractivity contribution in [2.75, 3.05) is 27.3 Å². The average Bonchev–Trinajstić information content (AvgIpc) is 4.04. The summed E-state index contributed by atoms with van der Waals surface area (Å²) in [6, 6.07) is 15.9. The molecule has 0 bridgehead atoms. The molecule has 2 aliphatic rings. The normalized spacial score (nSPS) is 18.2. The zero-order chi connectivity index (χ0) is 39.8. The second-order valence-electron chi connectivity index (χ2n) is 15.2. The fourth-order valence-electron chi connectivity index (χ4n) is 7.56. The summed E-state index contributed by atoms with van der Waals surface area (Å²) < 4.78 is 4.76. The third-order valence-electron chi connectivity index (χ3n) is 10.9. The number of hydrogen-bond donors (Lipinski definition) is 3. The number of alkyl carbamates (subject to hydrolysis) is 1. The molecule has 3 N–H and O–H groups in total. The average molecular weight is 767 g/mol. The Kier molecular flexibility index (Phi) is 13.2. The molecule has 56 heavy (non-hydrogen) atoms. The molecule has 0 unspecified atom stereocenters. The Labute approximate surface area is 328 Å². The smallest absolute Gasteiger partial charge is 0.407 e. The molecule has 0 radical (unpaired) electrons. The number of ether oxygens (including phenoxy) is 1. The molecule has 14 heteroatoms. The first-order valence-corrected chi connectivity index (χ1v) is 19.5. The van der Waals surface area contributed by atoms with Crippen LogP contribution in [0.4, 0.5) is 4.79 Å². The minimum Gasteiger partial charge on any atom is -0.453 e. The largest absolute Gasteiger partial charge is 0.453 e. The lowest BCUT2D eigenvalue weighted by Crippen LogP contribution is -2.43. The number of amides is 3. The number of hydrogen-bond acceptors (Lipinski definition) is 9. The van der Waals surface area contributed by atoms with E-state index < -0.39 is 6.09 Å². The monoisotopic (exact) mass is 766 g/mol. The fraction of sp³-hybridized carbons (Fsp3) is 0.476. The number of imidazole rings is 2. The lowest BCUT2D eigenvalue weighted by Gasteiger charge is -2.27. The first-order valence-electron chi connectivity index (χ1n) is 19.5. The van der Waals surface area contributed by atoms with Crippen LogP contribution in [0.25, 0.3) is 33.6 Å². The highest BCUT2D eigenvalue weighted by molar-refractivity contribution is 5.79. The molecule has 2 aliphatic heterocycles. The van der Waals surface area contributed by atoms with Gasteiger partial charge in [0.05, 0.1) is 56.1 Å². The van der Waals surface area contributed by atoms with E-state index in [4.69, 9.17) is 19.6 Å². The summed E-state index contributed by atoms with van der Waals surface area (Å²) in [5.74, 6) is 1.84. The van der Waals surface area contributed by atoms with Crippen molar-refractivity contribution in [1.82, 2.24) is 35.1 Å². The summed E-state index contributed by atoms with van der Waals surface area (Å²) in [7, 11) is 2.74. The molecule has 4 aromatic rings. The van der Waals surface area contributed by atoms with Crippen LogP contribution < -0.4 is 5.32 Å². The molecular formula is C42H54N8O6. The van der Waals surface area contributed by atoms with Gasteiger partial charge in [0.25, 0.3) is 0 Å². The summed E-state index contributed by atoms with van der Waals surface area (Å²) in [5.41, 5.74) is 5.96. The second-order valence-corrected chi connectivity index (χ2v) is 15.2. The fourth-order valence-corrected chi connectivity index (χ4v) is 7.56. The van der Waals surface area contributed by atoms with E-state index in [1.165, 1.54) is 20.6 Å². The summed E-state index contributed by atoms with van der Waals surface area (Å²) >= 11 is 0. The maximum atomic E-state index is 13.4. The number of carbonyl (C=O) groups excluding carboxylic acids is 3. The highest BCUT2D eigenvalue weighted by Gasteiger charge is 2.35. The summed E-state index contributed by atoms with van der Waals surface area (Å²) in [6.45, 7) is 9.37. The maximum Gasteiger partial charge on any atom is 0.407 e. The molecule has 3 amide bonds. The van der Waals surface area contributed by atoms with Gasteiger partial charge in [-0.15, -0.1) is 0 Å². The Morgan fingerprint density at radius 3 is 1.70 bits per heavy atom. The molecule has 0 aliphatic carbocycles. The molecule has 2 fully saturated rings. The Bertz CT molecular complexity index is 1950. The number of aromatic nitrogens is 4. The third kappa shape index (κ3) is 9.47. The number of nitrogens with zero attached hydrogens (tertiary/aromatic N) is 5. The zero-order valence-electron chi connectivity index (χ0n) is 33.2. The molecular weight excluding hydrogens is 713 g/mol. The van der Waals surface area contributed by atoms with Gasteiger partial charge >= 0.3 is 6.09 Å². The number of likely N-dealkylation sites (tertiary alicyclic amines) is 2. The van der Waals surface area contributed by atoms with Crippen molar-refractivity contribution < 1.29 is 28.9 Å². The Hall–Kier alpha value is -5.50. The van der Waals surface area contributed by atoms with E-state index in [1.807, 2.05) is 49.9 Å². The molecule has 14 nitrogen and oxygen atoms in total. The topological polar surface area (TPSA) is 167 Å². The Morgan fingerprint density at radius 2 is 1.25 bits per heavy atom. The lowest BCUT2D eigenvalue weighted by molar-refractivity contribution is -0.188. The molecule has 298 valence electrons. The van der Waals surface area contributed by atoms with E-state index in [0.29, 0.717) is 13.1 Å². The number of aromatic amines is 2. The summed E-state index contributed by atoms with van der Waals surface area (Å²) in [6.07, 6.45) is 8.36. The van der Waals surface area contributed by atoms with Gasteiger partial charge in [-0.05, 0) is 59.8 Å². The van der Waals surface area contributed by atoms with E-state index in [2.05, 4.69) is 73.7 Å². The molecule has 6 rings (SSSR count). The minimum atomic E-state index is -0.534. The number of rotatable bonds is 15. The quantitative estimate of drug-likeness (QED) is 0.0492. The molecule has 0 spiro atoms. The number of benzene rings is 2. The van der Waals surface area contributed by atoms with E-state index in [-0.39, 0.29) is 60.7 Å². The first-order chi connectivity index (χ1) is 27.1. The molecule has 4 atom stereocenters. The van der Waals surface area contributed by atoms with Crippen molar-refractivity contribution in [1.29, 1.82) is 0 Å². The van der Waals surface area contributed by atoms with Gasteiger partial charge in [-0.25, -0.2) is 14.8 Å². The van der Waals surface area contributed by atoms with Gasteiger partial charge in [0.2, 0.25) is 18.2 Å². The lowest BCUT2D eigenvalue weighted by atomic mass is 10.00. The molecule has 4 heterocycles. The van der Waals surface area contributed by atoms with Crippen LogP contribution >= 0.6 is 0 Å². The summed E-state index contributed by atoms with van der Waals surface area (Å²) in [5, 5.41) is 2.80. The van der Waals surface area contributed by atoms with Gasteiger partial charge in [-0.3, -0.25) is 14.6 Å². The van der Waals surface area contributed by atoms with Crippen LogP contribution in [0.15, 0.2) is 65.9 Å². The van der Waals surface area contributed by atoms with Gasteiger partial charge in [0.15, 0.2) is 0 Å². The highest BCUT2D eigenvalue weighted by atomic mass is 17.2. The third-order valence-corrected chi connectivity index (χ3v) is 10.9. The van der Waals surface area contributed by atoms with Gasteiger partial charge in [-0.2, -0.15) is 4.89 Å². The van der Waals surface area contributed by atoms with Crippen molar-refractivity contribution in [2.24, 2.45) is 16.8 Å². The van der Waals surface area contributed by atoms with Crippen molar-refractivity contribution in [3.8, 4) is 33.6 Å². The Morgan fingerprint density at radius 1 is 0.768 bits per heavy atom. The molecule has 2 aromatic carbocycles. The predicted molar refractivity (Wildman–Crippen MR) is 213 cm³/mol. The predicted octanol–water partition coefficient (Wildman–Crippen LogP) is 7.25. The van der Waals surface area contributed by atoms with Crippen molar-refractivity contribution in [3.63, 3.8) is 0 Å². The first kappa shape index (κ1) is 40.2. The minimum absolute atomic E-state index is 0.0104. The van der Waals surface area contributed by atoms with E-state index in [9.17, 15) is 14.4 Å². The van der Waals surface area contributed by atoms with Crippen molar-refractivity contribution in [3.05, 3.63) is 72.6 Å². The van der Waals surface area contributed by atoms with Gasteiger partial charge in [0.1, 0.15) is 11.6 Å². The number of nitrogens with one attached hydrogen (secondary N) is 3. The number of methoxy groups -OCH3 is 1. The molecule has 2 saturated heterocycles. The van der Waals surface area contributed by atoms with E-state index in [0.717, 1.165) is 71.0 Å². The zero-order valence-corrected chi connectivity index (χ0v) is 33.2. The second kappa shape index (κ2) is 18.4. The van der Waals surface area contributed by atoms with Crippen LogP contribution in [0.2, 0.25) is 0 Å². The van der Waals surface area contributed by atoms with Crippen LogP contribution in [-0.4, -0.2) is 93.4 Å². The van der Waals surface area contributed by atoms with Crippen LogP contribution in [0.3, 0.4) is 0 Å². The maximum absolute atomic E-state index is 13.4. The standard InChI is InChI=1S/C42H54N8O6/c1-26(2)32(45-25-56-55-6)21-38(51)49-19-7-9-36(49)40-43-23-34(46-40)30-15-11-28(12-16-30)29-13-17-31(18-14-29)35-24-44-41(47-35)37-10-8-20-50(37)39(52)22-33(27(3)4)48-42(53)54-5/h11-18,23-27,32-33,36-37H,7-10,19-22H2,1-6H3,(H,43,46)(H,44,47)(H,48,53)/t32-,33-,36+,37+/m1/s1. The van der Waals surface area contributed by atoms with Crippen LogP contribution in [0.1, 0.15) is 90.0 Å². The van der Waals surface area contributed by atoms with E-state index in [1.54, 1.807) is 0 Å². The van der Waals surface area contributed by atoms with Gasteiger partial charge < -0.3 is 34.7 Å². The van der Waals surface area contributed by atoms with Crippen LogP contribution in [0.5, 0.6) is 0 Å². The van der Waals surface area contributed by atoms with Gasteiger partial charge in [-0.1, -0.05) is 76.2 Å². The number of H-pyrrole nitrogens is 2. The Balaban J connectivity index is 1.07. The number of carbonyl (C=O) groups is 3. The molecule has 2 aromatic heterocycles. The van der Waals surface area contributed by atoms with Gasteiger partial charge in [0, 0.05) is 32.0 Å². The van der Waals surface area contributed by atoms with Crippen molar-refractivity contribution >= 4 is 24.3 Å².